The molecular formula is C73H134N2O7P+. The van der Waals surface area contributed by atoms with E-state index in [1.54, 1.807) is 0 Å². The van der Waals surface area contributed by atoms with Crippen LogP contribution in [0, 0.1) is 0 Å². The highest BCUT2D eigenvalue weighted by Gasteiger charge is 2.30. The van der Waals surface area contributed by atoms with Gasteiger partial charge in [-0.05, 0) is 83.1 Å². The molecule has 3 unspecified atom stereocenters. The van der Waals surface area contributed by atoms with Crippen LogP contribution in [0.15, 0.2) is 85.1 Å². The van der Waals surface area contributed by atoms with E-state index in [1.807, 2.05) is 33.3 Å². The van der Waals surface area contributed by atoms with Gasteiger partial charge in [-0.2, -0.15) is 0 Å². The van der Waals surface area contributed by atoms with Gasteiger partial charge in [0.2, 0.25) is 5.91 Å². The van der Waals surface area contributed by atoms with Gasteiger partial charge >= 0.3 is 13.8 Å². The summed E-state index contributed by atoms with van der Waals surface area (Å²) in [5.74, 6) is -0.505. The van der Waals surface area contributed by atoms with E-state index in [0.717, 1.165) is 109 Å². The minimum atomic E-state index is -4.46. The molecule has 83 heavy (non-hydrogen) atoms. The number of hydrogen-bond acceptors (Lipinski definition) is 6. The van der Waals surface area contributed by atoms with Gasteiger partial charge in [0.1, 0.15) is 19.3 Å². The van der Waals surface area contributed by atoms with Crippen LogP contribution in [0.2, 0.25) is 0 Å². The highest BCUT2D eigenvalue weighted by molar-refractivity contribution is 7.47. The molecule has 0 rings (SSSR count). The summed E-state index contributed by atoms with van der Waals surface area (Å²) in [6.07, 6.45) is 83.0. The second-order valence-electron chi connectivity index (χ2n) is 24.7. The van der Waals surface area contributed by atoms with E-state index >= 15 is 0 Å². The van der Waals surface area contributed by atoms with Crippen LogP contribution in [0.25, 0.3) is 0 Å². The van der Waals surface area contributed by atoms with Crippen LogP contribution in [0.4, 0.5) is 0 Å². The summed E-state index contributed by atoms with van der Waals surface area (Å²) < 4.78 is 30.8. The Bertz CT molecular complexity index is 1700. The van der Waals surface area contributed by atoms with Crippen LogP contribution in [-0.2, 0) is 27.9 Å². The molecule has 0 radical (unpaired) electrons. The molecule has 0 bridgehead atoms. The zero-order valence-corrected chi connectivity index (χ0v) is 56.1. The predicted octanol–water partition coefficient (Wildman–Crippen LogP) is 22.1. The van der Waals surface area contributed by atoms with Crippen molar-refractivity contribution in [1.82, 2.24) is 5.32 Å². The number of hydrogen-bond donors (Lipinski definition) is 2. The van der Waals surface area contributed by atoms with Crippen molar-refractivity contribution in [3.8, 4) is 0 Å². The third kappa shape index (κ3) is 63.5. The Kier molecular flexibility index (Phi) is 60.1. The van der Waals surface area contributed by atoms with E-state index in [1.165, 1.54) is 173 Å². The number of unbranched alkanes of at least 4 members (excludes halogenated alkanes) is 35. The first-order chi connectivity index (χ1) is 40.4. The van der Waals surface area contributed by atoms with Crippen LogP contribution in [0.5, 0.6) is 0 Å². The second kappa shape index (κ2) is 62.2. The van der Waals surface area contributed by atoms with Crippen molar-refractivity contribution < 1.29 is 37.3 Å². The molecule has 0 aliphatic heterocycles. The number of quaternary nitrogens is 1. The zero-order chi connectivity index (χ0) is 60.7. The van der Waals surface area contributed by atoms with E-state index in [0.29, 0.717) is 23.9 Å². The smallest absolute Gasteiger partial charge is 0.456 e. The van der Waals surface area contributed by atoms with E-state index in [4.69, 9.17) is 13.8 Å². The summed E-state index contributed by atoms with van der Waals surface area (Å²) in [5, 5.41) is 3.07. The third-order valence-corrected chi connectivity index (χ3v) is 16.3. The molecule has 0 spiro atoms. The van der Waals surface area contributed by atoms with Gasteiger partial charge in [-0.15, -0.1) is 0 Å². The molecular weight excluding hydrogens is 1050 g/mol. The number of phosphoric ester groups is 1. The summed E-state index contributed by atoms with van der Waals surface area (Å²) in [5.41, 5.74) is 0. The van der Waals surface area contributed by atoms with Gasteiger partial charge in [0.25, 0.3) is 0 Å². The molecule has 9 nitrogen and oxygen atoms in total. The lowest BCUT2D eigenvalue weighted by molar-refractivity contribution is -0.870. The first-order valence-electron chi connectivity index (χ1n) is 34.9. The number of ether oxygens (including phenoxy) is 1. The highest BCUT2D eigenvalue weighted by Crippen LogP contribution is 2.43. The number of carbonyl (C=O) groups is 2. The number of phosphoric acid groups is 1. The number of esters is 1. The Morgan fingerprint density at radius 1 is 0.434 bits per heavy atom. The van der Waals surface area contributed by atoms with Gasteiger partial charge in [-0.3, -0.25) is 18.6 Å². The minimum absolute atomic E-state index is 0.0370. The maximum Gasteiger partial charge on any atom is 0.472 e. The summed E-state index contributed by atoms with van der Waals surface area (Å²) in [4.78, 5) is 37.9. The van der Waals surface area contributed by atoms with Crippen molar-refractivity contribution in [3.05, 3.63) is 85.1 Å². The first-order valence-corrected chi connectivity index (χ1v) is 36.4. The molecule has 10 heteroatoms. The molecule has 0 aromatic rings. The number of allylic oxidation sites excluding steroid dienone is 13. The summed E-state index contributed by atoms with van der Waals surface area (Å²) in [6.45, 7) is 6.93. The molecule has 482 valence electrons. The Morgan fingerprint density at radius 2 is 0.771 bits per heavy atom. The molecule has 0 fully saturated rings. The lowest BCUT2D eigenvalue weighted by atomic mass is 10.0. The number of carbonyl (C=O) groups excluding carboxylic acids is 2. The number of nitrogens with zero attached hydrogens (tertiary/aromatic N) is 1. The maximum atomic E-state index is 13.6. The molecule has 0 saturated carbocycles. The topological polar surface area (TPSA) is 111 Å². The van der Waals surface area contributed by atoms with Crippen LogP contribution >= 0.6 is 7.82 Å². The monoisotopic (exact) mass is 1180 g/mol. The third-order valence-electron chi connectivity index (χ3n) is 15.3. The fourth-order valence-electron chi connectivity index (χ4n) is 10.0. The predicted molar refractivity (Wildman–Crippen MR) is 360 cm³/mol. The van der Waals surface area contributed by atoms with Crippen molar-refractivity contribution in [2.45, 2.75) is 328 Å². The van der Waals surface area contributed by atoms with Crippen molar-refractivity contribution in [3.63, 3.8) is 0 Å². The van der Waals surface area contributed by atoms with Crippen LogP contribution in [0.3, 0.4) is 0 Å². The van der Waals surface area contributed by atoms with Crippen molar-refractivity contribution in [2.75, 3.05) is 40.9 Å². The quantitative estimate of drug-likeness (QED) is 0.0205. The summed E-state index contributed by atoms with van der Waals surface area (Å²) >= 11 is 0. The van der Waals surface area contributed by atoms with Gasteiger partial charge in [-0.1, -0.05) is 305 Å². The lowest BCUT2D eigenvalue weighted by Crippen LogP contribution is -2.47. The molecule has 0 saturated heterocycles. The molecule has 0 aromatic carbocycles. The van der Waals surface area contributed by atoms with Crippen LogP contribution in [0.1, 0.15) is 316 Å². The van der Waals surface area contributed by atoms with Crippen molar-refractivity contribution in [1.29, 1.82) is 0 Å². The fourth-order valence-corrected chi connectivity index (χ4v) is 10.7. The zero-order valence-electron chi connectivity index (χ0n) is 55.2. The molecule has 0 aliphatic rings. The molecule has 0 aromatic heterocycles. The largest absolute Gasteiger partial charge is 0.472 e. The van der Waals surface area contributed by atoms with Gasteiger partial charge in [0, 0.05) is 12.8 Å². The number of likely N-dealkylation sites (N-methyl/N-ethyl adjacent to an activating group) is 1. The maximum absolute atomic E-state index is 13.6. The number of rotatable bonds is 63. The van der Waals surface area contributed by atoms with Gasteiger partial charge in [0.15, 0.2) is 0 Å². The average Bonchev–Trinajstić information content (AvgIpc) is 3.47. The van der Waals surface area contributed by atoms with E-state index < -0.39 is 20.0 Å². The average molecular weight is 1180 g/mol. The van der Waals surface area contributed by atoms with Crippen molar-refractivity contribution >= 4 is 19.7 Å². The van der Waals surface area contributed by atoms with Crippen LogP contribution in [-0.4, -0.2) is 74.3 Å². The first kappa shape index (κ1) is 80.2. The van der Waals surface area contributed by atoms with Gasteiger partial charge in [0.05, 0.1) is 33.8 Å². The Morgan fingerprint density at radius 3 is 1.16 bits per heavy atom. The number of nitrogens with one attached hydrogen (secondary N) is 1. The molecule has 2 N–H and O–H groups in total. The summed E-state index contributed by atoms with van der Waals surface area (Å²) in [6, 6.07) is -0.856. The fraction of sp³-hybridized carbons (Fsp3) is 0.781. The van der Waals surface area contributed by atoms with E-state index in [2.05, 4.69) is 99.0 Å². The minimum Gasteiger partial charge on any atom is -0.456 e. The molecule has 3 atom stereocenters. The molecule has 0 heterocycles. The normalized spacial score (nSPS) is 14.1. The summed E-state index contributed by atoms with van der Waals surface area (Å²) in [7, 11) is 1.49. The van der Waals surface area contributed by atoms with E-state index in [9.17, 15) is 19.0 Å². The Hall–Kier alpha value is -2.81. The van der Waals surface area contributed by atoms with E-state index in [-0.39, 0.29) is 25.1 Å². The van der Waals surface area contributed by atoms with Crippen LogP contribution < -0.4 is 5.32 Å². The molecule has 0 aliphatic carbocycles. The lowest BCUT2D eigenvalue weighted by Gasteiger charge is -2.27. The standard InChI is InChI=1S/C73H133N2O7P/c1-7-10-13-16-19-22-25-28-30-32-33-34-35-36-37-38-39-40-41-43-44-47-50-53-56-59-62-65-72(76)74-70(69-81-83(78,79)80-68-67-75(4,5)6)71(64-61-58-55-52-49-46-27-24-21-18-15-12-9-3)82-73(77)66-63-60-57-54-51-48-45-42-31-29-26-23-20-17-14-11-8-2/h10,13,19,22,28,30,33-34,36-37,39-40,61,64,70-71H,7-9,11-12,14-18,20-21,23-27,29,31-32,35,38,41-60,62-63,65-69H2,1-6H3,(H-,74,76,78,79)/p+1/b13-10-,22-19-,30-28-,34-33-,37-36-,40-39-,64-61-. The SMILES string of the molecule is CC/C=C\C/C=C\C/C=C\C/C=C\C/C=C\C/C=C\CCCCCCCCCCC(=O)NC(COP(=O)(O)OCC[N+](C)(C)C)C(/C=C\CCCCCCCCCCCCC)OC(=O)CCCCCCCCCCCCCCCCCCC. The highest BCUT2D eigenvalue weighted by atomic mass is 31.2. The van der Waals surface area contributed by atoms with Gasteiger partial charge < -0.3 is 19.4 Å². The Balaban J connectivity index is 5.12. The molecule has 1 amide bonds. The van der Waals surface area contributed by atoms with Crippen molar-refractivity contribution in [2.24, 2.45) is 0 Å². The Labute approximate surface area is 514 Å². The van der Waals surface area contributed by atoms with Gasteiger partial charge in [-0.25, -0.2) is 4.57 Å². The second-order valence-corrected chi connectivity index (χ2v) is 26.1. The number of amides is 1.